The van der Waals surface area contributed by atoms with Crippen molar-refractivity contribution in [2.45, 2.75) is 12.5 Å². The molecule has 0 saturated heterocycles. The summed E-state index contributed by atoms with van der Waals surface area (Å²) >= 11 is 3.58. The van der Waals surface area contributed by atoms with Gasteiger partial charge in [-0.2, -0.15) is 5.10 Å². The molecule has 192 valence electrons. The minimum absolute atomic E-state index is 0.255. The number of benzene rings is 3. The largest absolute Gasteiger partial charge is 0.497 e. The zero-order valence-corrected chi connectivity index (χ0v) is 22.6. The van der Waals surface area contributed by atoms with Crippen molar-refractivity contribution in [3.05, 3.63) is 129 Å². The Balaban J connectivity index is 1.56. The van der Waals surface area contributed by atoms with Gasteiger partial charge in [0.2, 0.25) is 0 Å². The van der Waals surface area contributed by atoms with Crippen LogP contribution in [0.25, 0.3) is 22.0 Å². The zero-order valence-electron chi connectivity index (χ0n) is 21.0. The van der Waals surface area contributed by atoms with Crippen LogP contribution in [0.2, 0.25) is 0 Å². The number of rotatable bonds is 5. The van der Waals surface area contributed by atoms with Crippen LogP contribution in [0.3, 0.4) is 0 Å². The lowest BCUT2D eigenvalue weighted by Gasteiger charge is -2.22. The summed E-state index contributed by atoms with van der Waals surface area (Å²) in [6.45, 7) is 0. The molecule has 1 N–H and O–H groups in total. The first-order valence-corrected chi connectivity index (χ1v) is 13.2. The molecule has 3 heterocycles. The summed E-state index contributed by atoms with van der Waals surface area (Å²) in [5.74, 6) is 0.447. The first-order valence-electron chi connectivity index (χ1n) is 12.4. The molecule has 2 aromatic heterocycles. The molecule has 39 heavy (non-hydrogen) atoms. The van der Waals surface area contributed by atoms with Crippen LogP contribution < -0.4 is 10.3 Å². The van der Waals surface area contributed by atoms with Crippen LogP contribution in [0.5, 0.6) is 5.75 Å². The van der Waals surface area contributed by atoms with E-state index in [9.17, 15) is 9.59 Å². The van der Waals surface area contributed by atoms with Crippen molar-refractivity contribution < 1.29 is 9.53 Å². The fourth-order valence-corrected chi connectivity index (χ4v) is 5.37. The van der Waals surface area contributed by atoms with Gasteiger partial charge in [-0.25, -0.2) is 5.01 Å². The number of hydrazone groups is 1. The highest BCUT2D eigenvalue weighted by Gasteiger charge is 2.36. The molecule has 0 aliphatic carbocycles. The maximum absolute atomic E-state index is 13.7. The van der Waals surface area contributed by atoms with Crippen molar-refractivity contribution in [3.8, 4) is 16.9 Å². The molecule has 7 nitrogen and oxygen atoms in total. The lowest BCUT2D eigenvalue weighted by Crippen LogP contribution is -2.27. The molecule has 1 aliphatic rings. The van der Waals surface area contributed by atoms with Gasteiger partial charge in [0.15, 0.2) is 0 Å². The molecule has 0 radical (unpaired) electrons. The molecular formula is C31H23BrN4O3. The number of halogens is 1. The molecule has 0 saturated carbocycles. The number of hydrogen-bond acceptors (Lipinski definition) is 5. The maximum Gasteiger partial charge on any atom is 0.274 e. The predicted molar refractivity (Wildman–Crippen MR) is 155 cm³/mol. The van der Waals surface area contributed by atoms with Gasteiger partial charge in [0.05, 0.1) is 24.4 Å². The number of nitrogens with one attached hydrogen (secondary N) is 1. The van der Waals surface area contributed by atoms with E-state index < -0.39 is 6.04 Å². The van der Waals surface area contributed by atoms with Gasteiger partial charge in [-0.3, -0.25) is 14.6 Å². The first kappa shape index (κ1) is 24.8. The lowest BCUT2D eigenvalue weighted by atomic mass is 9.91. The zero-order chi connectivity index (χ0) is 26.9. The summed E-state index contributed by atoms with van der Waals surface area (Å²) in [5.41, 5.74) is 4.49. The Morgan fingerprint density at radius 1 is 0.974 bits per heavy atom. The van der Waals surface area contributed by atoms with Gasteiger partial charge < -0.3 is 9.72 Å². The lowest BCUT2D eigenvalue weighted by molar-refractivity contribution is 0.0711. The second kappa shape index (κ2) is 10.3. The van der Waals surface area contributed by atoms with Crippen LogP contribution in [0.1, 0.15) is 33.9 Å². The van der Waals surface area contributed by atoms with Crippen molar-refractivity contribution in [2.24, 2.45) is 5.10 Å². The van der Waals surface area contributed by atoms with E-state index in [-0.39, 0.29) is 11.5 Å². The van der Waals surface area contributed by atoms with Gasteiger partial charge in [-0.15, -0.1) is 0 Å². The molecule has 3 aromatic carbocycles. The fourth-order valence-electron chi connectivity index (χ4n) is 5.01. The van der Waals surface area contributed by atoms with E-state index in [2.05, 4.69) is 25.9 Å². The number of carbonyl (C=O) groups is 1. The Kier molecular flexibility index (Phi) is 6.54. The average molecular weight is 579 g/mol. The smallest absolute Gasteiger partial charge is 0.274 e. The fraction of sp³-hybridized carbons (Fsp3) is 0.0968. The number of aromatic amines is 1. The number of ether oxygens (including phenoxy) is 1. The van der Waals surface area contributed by atoms with E-state index in [4.69, 9.17) is 9.84 Å². The normalized spacial score (nSPS) is 14.9. The number of methoxy groups -OCH3 is 1. The third kappa shape index (κ3) is 4.64. The van der Waals surface area contributed by atoms with Crippen LogP contribution >= 0.6 is 15.9 Å². The summed E-state index contributed by atoms with van der Waals surface area (Å²) in [7, 11) is 1.61. The predicted octanol–water partition coefficient (Wildman–Crippen LogP) is 6.35. The molecule has 0 unspecified atom stereocenters. The Hall–Kier alpha value is -4.56. The van der Waals surface area contributed by atoms with Gasteiger partial charge in [-0.1, -0.05) is 58.4 Å². The first-order chi connectivity index (χ1) is 19.0. The van der Waals surface area contributed by atoms with E-state index in [1.165, 1.54) is 5.01 Å². The number of aromatic nitrogens is 2. The van der Waals surface area contributed by atoms with Crippen LogP contribution in [-0.4, -0.2) is 33.7 Å². The molecule has 5 aromatic rings. The van der Waals surface area contributed by atoms with E-state index in [0.717, 1.165) is 32.1 Å². The van der Waals surface area contributed by atoms with E-state index in [1.54, 1.807) is 31.6 Å². The van der Waals surface area contributed by atoms with Crippen LogP contribution in [0.4, 0.5) is 0 Å². The van der Waals surface area contributed by atoms with Crippen molar-refractivity contribution in [1.29, 1.82) is 0 Å². The molecule has 0 bridgehead atoms. The number of pyridine rings is 2. The third-order valence-corrected chi connectivity index (χ3v) is 7.37. The number of fused-ring (bicyclic) bond motifs is 1. The molecule has 8 heteroatoms. The summed E-state index contributed by atoms with van der Waals surface area (Å²) in [4.78, 5) is 34.5. The number of hydrogen-bond donors (Lipinski definition) is 1. The second-order valence-electron chi connectivity index (χ2n) is 9.19. The van der Waals surface area contributed by atoms with Gasteiger partial charge in [0.25, 0.3) is 11.5 Å². The number of H-pyrrole nitrogens is 1. The molecule has 1 amide bonds. The second-order valence-corrected chi connectivity index (χ2v) is 10.1. The Bertz CT molecular complexity index is 1770. The highest BCUT2D eigenvalue weighted by atomic mass is 79.9. The summed E-state index contributed by atoms with van der Waals surface area (Å²) in [6.07, 6.45) is 3.52. The molecule has 0 spiro atoms. The minimum Gasteiger partial charge on any atom is -0.497 e. The monoisotopic (exact) mass is 578 g/mol. The highest BCUT2D eigenvalue weighted by molar-refractivity contribution is 9.10. The Morgan fingerprint density at radius 3 is 2.44 bits per heavy atom. The van der Waals surface area contributed by atoms with Crippen molar-refractivity contribution in [2.75, 3.05) is 7.11 Å². The Morgan fingerprint density at radius 2 is 1.72 bits per heavy atom. The number of nitrogens with zero attached hydrogens (tertiary/aromatic N) is 3. The van der Waals surface area contributed by atoms with Crippen molar-refractivity contribution in [3.63, 3.8) is 0 Å². The van der Waals surface area contributed by atoms with Gasteiger partial charge in [-0.05, 0) is 53.6 Å². The summed E-state index contributed by atoms with van der Waals surface area (Å²) in [6, 6.07) is 26.1. The van der Waals surface area contributed by atoms with Crippen LogP contribution in [-0.2, 0) is 0 Å². The summed E-state index contributed by atoms with van der Waals surface area (Å²) < 4.78 is 6.22. The molecule has 0 fully saturated rings. The summed E-state index contributed by atoms with van der Waals surface area (Å²) in [5, 5.41) is 7.19. The topological polar surface area (TPSA) is 87.7 Å². The van der Waals surface area contributed by atoms with Gasteiger partial charge in [0, 0.05) is 45.3 Å². The van der Waals surface area contributed by atoms with Gasteiger partial charge in [0.1, 0.15) is 5.75 Å². The molecule has 6 rings (SSSR count). The number of amides is 1. The molecular weight excluding hydrogens is 556 g/mol. The van der Waals surface area contributed by atoms with E-state index >= 15 is 0 Å². The van der Waals surface area contributed by atoms with E-state index in [0.29, 0.717) is 29.0 Å². The molecule has 1 aliphatic heterocycles. The SMILES string of the molecule is COc1ccc([C@@H]2CC(c3c(-c4ccccc4)c4cc(Br)ccc4[nH]c3=O)=NN2C(=O)c2ccncc2)cc1. The third-order valence-electron chi connectivity index (χ3n) is 6.87. The quantitative estimate of drug-likeness (QED) is 0.263. The van der Waals surface area contributed by atoms with Crippen molar-refractivity contribution >= 4 is 38.5 Å². The standard InChI is InChI=1S/C31H23BrN4O3/c1-39-23-10-7-19(8-11-23)27-18-26(35-36(27)31(38)21-13-15-33-16-14-21)29-28(20-5-3-2-4-6-20)24-17-22(32)9-12-25(24)34-30(29)37/h2-17,27H,18H2,1H3,(H,34,37)/t27-/m0/s1. The van der Waals surface area contributed by atoms with Crippen LogP contribution in [0, 0.1) is 0 Å². The minimum atomic E-state index is -0.409. The van der Waals surface area contributed by atoms with Crippen LogP contribution in [0.15, 0.2) is 112 Å². The average Bonchev–Trinajstić information content (AvgIpc) is 3.42. The highest BCUT2D eigenvalue weighted by Crippen LogP contribution is 2.38. The molecule has 1 atom stereocenters. The van der Waals surface area contributed by atoms with Gasteiger partial charge >= 0.3 is 0 Å². The maximum atomic E-state index is 13.7. The number of carbonyl (C=O) groups excluding carboxylic acids is 1. The van der Waals surface area contributed by atoms with Crippen molar-refractivity contribution in [1.82, 2.24) is 15.0 Å². The Labute approximate surface area is 232 Å². The van der Waals surface area contributed by atoms with E-state index in [1.807, 2.05) is 72.8 Å².